The maximum absolute atomic E-state index is 12.7. The van der Waals surface area contributed by atoms with Gasteiger partial charge in [0.05, 0.1) is 15.8 Å². The van der Waals surface area contributed by atoms with E-state index < -0.39 is 5.97 Å². The van der Waals surface area contributed by atoms with Gasteiger partial charge in [0.1, 0.15) is 5.01 Å². The molecule has 1 amide bonds. The van der Waals surface area contributed by atoms with E-state index >= 15 is 0 Å². The van der Waals surface area contributed by atoms with Crippen LogP contribution >= 0.6 is 11.3 Å². The Morgan fingerprint density at radius 1 is 0.966 bits per heavy atom. The van der Waals surface area contributed by atoms with E-state index in [9.17, 15) is 9.59 Å². The predicted molar refractivity (Wildman–Crippen MR) is 115 cm³/mol. The lowest BCUT2D eigenvalue weighted by molar-refractivity contribution is -0.119. The van der Waals surface area contributed by atoms with Gasteiger partial charge in [-0.15, -0.1) is 11.3 Å². The number of rotatable bonds is 5. The Labute approximate surface area is 172 Å². The maximum atomic E-state index is 12.7. The number of aromatic nitrogens is 1. The molecule has 0 radical (unpaired) electrons. The third-order valence-electron chi connectivity index (χ3n) is 4.42. The van der Waals surface area contributed by atoms with Crippen LogP contribution in [-0.4, -0.2) is 23.5 Å². The molecule has 0 aliphatic carbocycles. The number of nitrogens with one attached hydrogen (secondary N) is 1. The van der Waals surface area contributed by atoms with Gasteiger partial charge in [0.25, 0.3) is 5.91 Å². The lowest BCUT2D eigenvalue weighted by Crippen LogP contribution is -2.21. The highest BCUT2D eigenvalue weighted by Gasteiger charge is 2.18. The molecule has 4 aromatic rings. The van der Waals surface area contributed by atoms with Gasteiger partial charge in [-0.25, -0.2) is 9.78 Å². The second-order valence-corrected chi connectivity index (χ2v) is 7.50. The molecular formula is C23H18N2O3S. The number of ether oxygens (including phenoxy) is 1. The largest absolute Gasteiger partial charge is 0.452 e. The van der Waals surface area contributed by atoms with E-state index in [0.717, 1.165) is 20.8 Å². The van der Waals surface area contributed by atoms with E-state index in [1.165, 1.54) is 11.3 Å². The molecule has 0 aliphatic heterocycles. The molecule has 0 bridgehead atoms. The average molecular weight is 402 g/mol. The first-order chi connectivity index (χ1) is 14.1. The number of carbonyl (C=O) groups is 2. The number of hydrogen-bond donors (Lipinski definition) is 1. The van der Waals surface area contributed by atoms with Crippen molar-refractivity contribution in [2.24, 2.45) is 0 Å². The molecule has 0 saturated heterocycles. The number of aryl methyl sites for hydroxylation is 1. The zero-order chi connectivity index (χ0) is 20.2. The van der Waals surface area contributed by atoms with Gasteiger partial charge in [-0.05, 0) is 36.8 Å². The second-order valence-electron chi connectivity index (χ2n) is 6.47. The zero-order valence-electron chi connectivity index (χ0n) is 15.7. The third kappa shape index (κ3) is 4.17. The molecule has 1 N–H and O–H groups in total. The molecule has 3 aromatic carbocycles. The normalized spacial score (nSPS) is 10.7. The molecule has 0 fully saturated rings. The summed E-state index contributed by atoms with van der Waals surface area (Å²) >= 11 is 1.51. The average Bonchev–Trinajstić information content (AvgIpc) is 3.18. The number of amides is 1. The predicted octanol–water partition coefficient (Wildman–Crippen LogP) is 5.07. The fraction of sp³-hybridized carbons (Fsp3) is 0.0870. The maximum Gasteiger partial charge on any atom is 0.339 e. The standard InChI is InChI=1S/C23H18N2O3S/c1-15-8-2-5-11-18(15)24-21(26)14-28-23(27)17-10-4-3-9-16(17)22-25-19-12-6-7-13-20(19)29-22/h2-13H,14H2,1H3,(H,24,26). The fourth-order valence-corrected chi connectivity index (χ4v) is 3.95. The van der Waals surface area contributed by atoms with Crippen molar-refractivity contribution in [2.45, 2.75) is 6.92 Å². The van der Waals surface area contributed by atoms with Crippen LogP contribution in [-0.2, 0) is 9.53 Å². The molecule has 0 saturated carbocycles. The van der Waals surface area contributed by atoms with Crippen LogP contribution in [0.5, 0.6) is 0 Å². The molecule has 29 heavy (non-hydrogen) atoms. The number of hydrogen-bond acceptors (Lipinski definition) is 5. The Hall–Kier alpha value is -3.51. The first kappa shape index (κ1) is 18.8. The smallest absolute Gasteiger partial charge is 0.339 e. The molecule has 0 unspecified atom stereocenters. The lowest BCUT2D eigenvalue weighted by atomic mass is 10.1. The van der Waals surface area contributed by atoms with Crippen LogP contribution < -0.4 is 5.32 Å². The van der Waals surface area contributed by atoms with E-state index in [1.807, 2.05) is 61.5 Å². The first-order valence-corrected chi connectivity index (χ1v) is 9.91. The van der Waals surface area contributed by atoms with Crippen LogP contribution in [0.25, 0.3) is 20.8 Å². The van der Waals surface area contributed by atoms with Crippen molar-refractivity contribution in [3.05, 3.63) is 83.9 Å². The molecule has 144 valence electrons. The van der Waals surface area contributed by atoms with E-state index in [4.69, 9.17) is 4.74 Å². The summed E-state index contributed by atoms with van der Waals surface area (Å²) in [5.74, 6) is -0.940. The van der Waals surface area contributed by atoms with Gasteiger partial charge < -0.3 is 10.1 Å². The van der Waals surface area contributed by atoms with Gasteiger partial charge in [0.2, 0.25) is 0 Å². The minimum absolute atomic E-state index is 0.360. The van der Waals surface area contributed by atoms with E-state index in [2.05, 4.69) is 10.3 Å². The van der Waals surface area contributed by atoms with E-state index in [1.54, 1.807) is 18.2 Å². The first-order valence-electron chi connectivity index (χ1n) is 9.09. The summed E-state index contributed by atoms with van der Waals surface area (Å²) in [6.45, 7) is 1.54. The van der Waals surface area contributed by atoms with Crippen LogP contribution in [0, 0.1) is 6.92 Å². The number of thiazole rings is 1. The topological polar surface area (TPSA) is 68.3 Å². The Bertz CT molecular complexity index is 1170. The molecule has 5 nitrogen and oxygen atoms in total. The summed E-state index contributed by atoms with van der Waals surface area (Å²) in [6, 6.07) is 22.4. The Morgan fingerprint density at radius 3 is 2.52 bits per heavy atom. The van der Waals surface area contributed by atoms with Crippen LogP contribution in [0.4, 0.5) is 5.69 Å². The van der Waals surface area contributed by atoms with Crippen molar-refractivity contribution in [3.8, 4) is 10.6 Å². The minimum atomic E-state index is -0.556. The second kappa shape index (κ2) is 8.24. The monoisotopic (exact) mass is 402 g/mol. The molecule has 0 spiro atoms. The fourth-order valence-electron chi connectivity index (χ4n) is 2.94. The molecule has 0 aliphatic rings. The number of benzene rings is 3. The molecule has 4 rings (SSSR count). The number of esters is 1. The van der Waals surface area contributed by atoms with Gasteiger partial charge in [-0.2, -0.15) is 0 Å². The summed E-state index contributed by atoms with van der Waals surface area (Å²) < 4.78 is 6.31. The summed E-state index contributed by atoms with van der Waals surface area (Å²) in [5, 5.41) is 3.49. The SMILES string of the molecule is Cc1ccccc1NC(=O)COC(=O)c1ccccc1-c1nc2ccccc2s1. The highest BCUT2D eigenvalue weighted by atomic mass is 32.1. The number of nitrogens with zero attached hydrogens (tertiary/aromatic N) is 1. The van der Waals surface area contributed by atoms with Gasteiger partial charge in [0, 0.05) is 11.3 Å². The van der Waals surface area contributed by atoms with E-state index in [-0.39, 0.29) is 12.5 Å². The highest BCUT2D eigenvalue weighted by Crippen LogP contribution is 2.32. The van der Waals surface area contributed by atoms with E-state index in [0.29, 0.717) is 16.8 Å². The van der Waals surface area contributed by atoms with Crippen LogP contribution in [0.2, 0.25) is 0 Å². The molecule has 1 heterocycles. The quantitative estimate of drug-likeness (QED) is 0.474. The third-order valence-corrected chi connectivity index (χ3v) is 5.49. The van der Waals surface area contributed by atoms with Gasteiger partial charge in [-0.3, -0.25) is 4.79 Å². The number of carbonyl (C=O) groups excluding carboxylic acids is 2. The zero-order valence-corrected chi connectivity index (χ0v) is 16.5. The number of fused-ring (bicyclic) bond motifs is 1. The summed E-state index contributed by atoms with van der Waals surface area (Å²) in [6.07, 6.45) is 0. The molecule has 6 heteroatoms. The lowest BCUT2D eigenvalue weighted by Gasteiger charge is -2.10. The summed E-state index contributed by atoms with van der Waals surface area (Å²) in [7, 11) is 0. The van der Waals surface area contributed by atoms with Gasteiger partial charge in [-0.1, -0.05) is 48.5 Å². The summed E-state index contributed by atoms with van der Waals surface area (Å²) in [5.41, 5.74) is 3.60. The molecule has 0 atom stereocenters. The minimum Gasteiger partial charge on any atom is -0.452 e. The van der Waals surface area contributed by atoms with Crippen LogP contribution in [0.1, 0.15) is 15.9 Å². The Morgan fingerprint density at radius 2 is 1.69 bits per heavy atom. The van der Waals surface area contributed by atoms with Crippen molar-refractivity contribution in [2.75, 3.05) is 11.9 Å². The molecular weight excluding hydrogens is 384 g/mol. The molecule has 1 aromatic heterocycles. The number of anilines is 1. The van der Waals surface area contributed by atoms with Crippen LogP contribution in [0.3, 0.4) is 0 Å². The van der Waals surface area contributed by atoms with Gasteiger partial charge >= 0.3 is 5.97 Å². The van der Waals surface area contributed by atoms with Crippen molar-refractivity contribution >= 4 is 39.1 Å². The Balaban J connectivity index is 1.49. The van der Waals surface area contributed by atoms with Crippen molar-refractivity contribution in [1.82, 2.24) is 4.98 Å². The number of para-hydroxylation sites is 2. The Kier molecular flexibility index (Phi) is 5.35. The highest BCUT2D eigenvalue weighted by molar-refractivity contribution is 7.21. The van der Waals surface area contributed by atoms with Gasteiger partial charge in [0.15, 0.2) is 6.61 Å². The van der Waals surface area contributed by atoms with Crippen LogP contribution in [0.15, 0.2) is 72.8 Å². The van der Waals surface area contributed by atoms with Crippen molar-refractivity contribution in [3.63, 3.8) is 0 Å². The van der Waals surface area contributed by atoms with Crippen molar-refractivity contribution in [1.29, 1.82) is 0 Å². The van der Waals surface area contributed by atoms with Crippen molar-refractivity contribution < 1.29 is 14.3 Å². The summed E-state index contributed by atoms with van der Waals surface area (Å²) in [4.78, 5) is 29.4.